The third-order valence-corrected chi connectivity index (χ3v) is 2.76. The average molecular weight is 310 g/mol. The highest BCUT2D eigenvalue weighted by Gasteiger charge is 2.27. The normalized spacial score (nSPS) is 13.7. The maximum absolute atomic E-state index is 11.7. The van der Waals surface area contributed by atoms with E-state index in [1.54, 1.807) is 0 Å². The van der Waals surface area contributed by atoms with E-state index in [0.29, 0.717) is 0 Å². The fraction of sp³-hybridized carbons (Fsp3) is 0.857. The van der Waals surface area contributed by atoms with Crippen molar-refractivity contribution in [2.75, 3.05) is 26.0 Å². The largest absolute Gasteiger partial charge is 0.468 e. The molecule has 0 fully saturated rings. The minimum atomic E-state index is -4.20. The van der Waals surface area contributed by atoms with E-state index in [-0.39, 0.29) is 30.6 Å². The highest BCUT2D eigenvalue weighted by atomic mass is 79.9. The third kappa shape index (κ3) is 9.01. The summed E-state index contributed by atoms with van der Waals surface area (Å²) in [7, 11) is 1.25. The van der Waals surface area contributed by atoms with Crippen LogP contribution in [0.1, 0.15) is 0 Å². The minimum absolute atomic E-state index is 0.0790. The van der Waals surface area contributed by atoms with Gasteiger partial charge in [-0.25, -0.2) is 0 Å². The third-order valence-electron chi connectivity index (χ3n) is 1.33. The Morgan fingerprint density at radius 1 is 1.60 bits per heavy atom. The molecule has 0 aromatic heterocycles. The molecule has 0 aromatic carbocycles. The van der Waals surface area contributed by atoms with Gasteiger partial charge in [-0.15, -0.1) is 0 Å². The second kappa shape index (κ2) is 7.34. The first-order valence-corrected chi connectivity index (χ1v) is 5.90. The van der Waals surface area contributed by atoms with Crippen molar-refractivity contribution in [2.45, 2.75) is 10.3 Å². The van der Waals surface area contributed by atoms with Crippen LogP contribution in [0.5, 0.6) is 0 Å². The lowest BCUT2D eigenvalue weighted by molar-refractivity contribution is -0.139. The second-order valence-electron chi connectivity index (χ2n) is 2.49. The topological polar surface area (TPSA) is 38.3 Å². The molecule has 1 N–H and O–H groups in total. The highest BCUT2D eigenvalue weighted by molar-refractivity contribution is 9.10. The molecule has 0 amide bonds. The zero-order valence-electron chi connectivity index (χ0n) is 7.94. The predicted molar refractivity (Wildman–Crippen MR) is 56.1 cm³/mol. The molecule has 0 saturated carbocycles. The summed E-state index contributed by atoms with van der Waals surface area (Å²) in [6, 6.07) is 0. The zero-order chi connectivity index (χ0) is 11.9. The first-order chi connectivity index (χ1) is 6.87. The maximum Gasteiger partial charge on any atom is 0.441 e. The van der Waals surface area contributed by atoms with Crippen molar-refractivity contribution in [2.24, 2.45) is 0 Å². The molecule has 1 atom stereocenters. The summed E-state index contributed by atoms with van der Waals surface area (Å²) >= 11 is 2.93. The van der Waals surface area contributed by atoms with E-state index < -0.39 is 16.3 Å². The molecule has 8 heteroatoms. The molecule has 0 heterocycles. The molecular formula is C7H11BrF3NO2S. The quantitative estimate of drug-likeness (QED) is 0.461. The first-order valence-electron chi connectivity index (χ1n) is 4.00. The van der Waals surface area contributed by atoms with Crippen molar-refractivity contribution < 1.29 is 22.7 Å². The highest BCUT2D eigenvalue weighted by Crippen LogP contribution is 2.29. The van der Waals surface area contributed by atoms with E-state index in [2.05, 4.69) is 26.0 Å². The van der Waals surface area contributed by atoms with Gasteiger partial charge in [-0.2, -0.15) is 13.2 Å². The van der Waals surface area contributed by atoms with Crippen molar-refractivity contribution in [1.82, 2.24) is 5.32 Å². The van der Waals surface area contributed by atoms with E-state index in [1.807, 2.05) is 0 Å². The summed E-state index contributed by atoms with van der Waals surface area (Å²) in [5, 5.41) is 2.70. The second-order valence-corrected chi connectivity index (χ2v) is 4.75. The van der Waals surface area contributed by atoms with Gasteiger partial charge in [0.05, 0.1) is 7.11 Å². The summed E-state index contributed by atoms with van der Waals surface area (Å²) in [5.74, 6) is -0.532. The fourth-order valence-electron chi connectivity index (χ4n) is 0.679. The number of thioether (sulfide) groups is 1. The lowest BCUT2D eigenvalue weighted by Gasteiger charge is -2.09. The van der Waals surface area contributed by atoms with Crippen LogP contribution >= 0.6 is 27.7 Å². The molecular weight excluding hydrogens is 299 g/mol. The summed E-state index contributed by atoms with van der Waals surface area (Å²) < 4.78 is 39.4. The van der Waals surface area contributed by atoms with Gasteiger partial charge in [0.2, 0.25) is 0 Å². The number of halogens is 4. The molecule has 3 nitrogen and oxygen atoms in total. The van der Waals surface area contributed by atoms with Gasteiger partial charge in [0.15, 0.2) is 0 Å². The number of rotatable bonds is 6. The first kappa shape index (κ1) is 15.0. The number of nitrogens with one attached hydrogen (secondary N) is 1. The van der Waals surface area contributed by atoms with Crippen LogP contribution in [0.15, 0.2) is 0 Å². The molecule has 0 saturated heterocycles. The minimum Gasteiger partial charge on any atom is -0.468 e. The Labute approximate surface area is 98.2 Å². The van der Waals surface area contributed by atoms with Crippen LogP contribution < -0.4 is 5.32 Å². The molecule has 0 radical (unpaired) electrons. The molecule has 90 valence electrons. The summed E-state index contributed by atoms with van der Waals surface area (Å²) in [4.78, 5) is 10.3. The van der Waals surface area contributed by atoms with Crippen LogP contribution in [0.2, 0.25) is 0 Å². The predicted octanol–water partition coefficient (Wildman–Crippen LogP) is 1.77. The smallest absolute Gasteiger partial charge is 0.441 e. The number of ether oxygens (including phenoxy) is 1. The van der Waals surface area contributed by atoms with Crippen molar-refractivity contribution in [3.05, 3.63) is 0 Å². The maximum atomic E-state index is 11.7. The van der Waals surface area contributed by atoms with Crippen LogP contribution in [0.3, 0.4) is 0 Å². The molecule has 0 rings (SSSR count). The average Bonchev–Trinajstić information content (AvgIpc) is 2.14. The van der Waals surface area contributed by atoms with Crippen LogP contribution in [-0.2, 0) is 9.53 Å². The van der Waals surface area contributed by atoms with E-state index in [9.17, 15) is 18.0 Å². The number of esters is 1. The van der Waals surface area contributed by atoms with Crippen LogP contribution in [0.25, 0.3) is 0 Å². The Morgan fingerprint density at radius 3 is 2.67 bits per heavy atom. The Hall–Kier alpha value is 0.0500. The van der Waals surface area contributed by atoms with Gasteiger partial charge in [-0.1, -0.05) is 15.9 Å². The van der Waals surface area contributed by atoms with Gasteiger partial charge >= 0.3 is 11.5 Å². The number of carbonyl (C=O) groups excluding carboxylic acids is 1. The standard InChI is InChI=1S/C7H11BrF3NO2S/c1-14-6(13)5(8)4-12-2-3-15-7(9,10)11/h5,12H,2-4H2,1H3. The SMILES string of the molecule is COC(=O)C(Br)CNCCSC(F)(F)F. The van der Waals surface area contributed by atoms with E-state index in [0.717, 1.165) is 0 Å². The summed E-state index contributed by atoms with van der Waals surface area (Å²) in [6.45, 7) is 0.425. The summed E-state index contributed by atoms with van der Waals surface area (Å²) in [5.41, 5.74) is -4.20. The van der Waals surface area contributed by atoms with Crippen LogP contribution in [-0.4, -0.2) is 42.3 Å². The fourth-order valence-corrected chi connectivity index (χ4v) is 1.57. The van der Waals surface area contributed by atoms with Crippen molar-refractivity contribution in [1.29, 1.82) is 0 Å². The van der Waals surface area contributed by atoms with Gasteiger partial charge < -0.3 is 10.1 Å². The van der Waals surface area contributed by atoms with Gasteiger partial charge in [0.25, 0.3) is 0 Å². The molecule has 0 aliphatic rings. The zero-order valence-corrected chi connectivity index (χ0v) is 10.3. The van der Waals surface area contributed by atoms with Crippen molar-refractivity contribution >= 4 is 33.7 Å². The summed E-state index contributed by atoms with van der Waals surface area (Å²) in [6.07, 6.45) is 0. The number of methoxy groups -OCH3 is 1. The molecule has 0 aromatic rings. The van der Waals surface area contributed by atoms with Gasteiger partial charge in [0.1, 0.15) is 4.83 Å². The molecule has 1 unspecified atom stereocenters. The Morgan fingerprint density at radius 2 is 2.20 bits per heavy atom. The molecule has 0 aliphatic carbocycles. The Kier molecular flexibility index (Phi) is 7.37. The molecule has 0 spiro atoms. The van der Waals surface area contributed by atoms with Crippen LogP contribution in [0, 0.1) is 0 Å². The Bertz CT molecular complexity index is 203. The van der Waals surface area contributed by atoms with E-state index >= 15 is 0 Å². The van der Waals surface area contributed by atoms with Crippen LogP contribution in [0.4, 0.5) is 13.2 Å². The lowest BCUT2D eigenvalue weighted by Crippen LogP contribution is -2.31. The van der Waals surface area contributed by atoms with Gasteiger partial charge in [-0.05, 0) is 11.8 Å². The van der Waals surface area contributed by atoms with E-state index in [1.165, 1.54) is 7.11 Å². The molecule has 0 aliphatic heterocycles. The number of hydrogen-bond donors (Lipinski definition) is 1. The number of carbonyl (C=O) groups is 1. The lowest BCUT2D eigenvalue weighted by atomic mass is 10.4. The Balaban J connectivity index is 3.43. The van der Waals surface area contributed by atoms with E-state index in [4.69, 9.17) is 0 Å². The van der Waals surface area contributed by atoms with Gasteiger partial charge in [0, 0.05) is 18.8 Å². The monoisotopic (exact) mass is 309 g/mol. The molecule has 15 heavy (non-hydrogen) atoms. The van der Waals surface area contributed by atoms with Crippen molar-refractivity contribution in [3.63, 3.8) is 0 Å². The van der Waals surface area contributed by atoms with Gasteiger partial charge in [-0.3, -0.25) is 4.79 Å². The number of alkyl halides is 4. The molecule has 0 bridgehead atoms. The van der Waals surface area contributed by atoms with Crippen molar-refractivity contribution in [3.8, 4) is 0 Å². The number of hydrogen-bond acceptors (Lipinski definition) is 4.